The fraction of sp³-hybridized carbons (Fsp3) is 0.655. The second-order valence-electron chi connectivity index (χ2n) is 12.4. The molecular weight excluding hydrogens is 532 g/mol. The minimum atomic E-state index is -0.795. The SMILES string of the molecule is CC(C)(C)OC(=O)NCC(CNC(=O)OC(C)(C)C)N(CCCNC(=O)OCc1ccccc1)C(=O)OC(C)(C)C. The lowest BCUT2D eigenvalue weighted by molar-refractivity contribution is 0.0130. The molecule has 0 atom stereocenters. The van der Waals surface area contributed by atoms with Gasteiger partial charge in [0.05, 0.1) is 6.04 Å². The van der Waals surface area contributed by atoms with Gasteiger partial charge in [0, 0.05) is 26.2 Å². The molecular formula is C29H48N4O8. The Bertz CT molecular complexity index is 949. The van der Waals surface area contributed by atoms with Crippen LogP contribution in [0.2, 0.25) is 0 Å². The van der Waals surface area contributed by atoms with E-state index >= 15 is 0 Å². The Morgan fingerprint density at radius 3 is 1.66 bits per heavy atom. The van der Waals surface area contributed by atoms with Gasteiger partial charge >= 0.3 is 24.4 Å². The summed E-state index contributed by atoms with van der Waals surface area (Å²) in [6, 6.07) is 8.56. The van der Waals surface area contributed by atoms with E-state index in [1.165, 1.54) is 4.90 Å². The van der Waals surface area contributed by atoms with Crippen LogP contribution in [0.3, 0.4) is 0 Å². The van der Waals surface area contributed by atoms with Crippen LogP contribution in [0.5, 0.6) is 0 Å². The summed E-state index contributed by atoms with van der Waals surface area (Å²) < 4.78 is 21.5. The van der Waals surface area contributed by atoms with Crippen LogP contribution in [-0.2, 0) is 25.6 Å². The third-order valence-electron chi connectivity index (χ3n) is 4.89. The predicted molar refractivity (Wildman–Crippen MR) is 154 cm³/mol. The van der Waals surface area contributed by atoms with E-state index in [4.69, 9.17) is 18.9 Å². The molecule has 0 aliphatic heterocycles. The number of carbonyl (C=O) groups is 4. The van der Waals surface area contributed by atoms with Crippen LogP contribution < -0.4 is 16.0 Å². The molecule has 0 unspecified atom stereocenters. The monoisotopic (exact) mass is 580 g/mol. The minimum Gasteiger partial charge on any atom is -0.445 e. The van der Waals surface area contributed by atoms with Crippen molar-refractivity contribution in [2.24, 2.45) is 0 Å². The Balaban J connectivity index is 2.92. The summed E-state index contributed by atoms with van der Waals surface area (Å²) in [4.78, 5) is 51.5. The highest BCUT2D eigenvalue weighted by Gasteiger charge is 2.30. The van der Waals surface area contributed by atoms with E-state index in [-0.39, 0.29) is 32.8 Å². The molecule has 0 saturated carbocycles. The quantitative estimate of drug-likeness (QED) is 0.246. The summed E-state index contributed by atoms with van der Waals surface area (Å²) in [5.41, 5.74) is -1.38. The zero-order chi connectivity index (χ0) is 31.3. The maximum Gasteiger partial charge on any atom is 0.410 e. The number of hydrogen-bond acceptors (Lipinski definition) is 8. The van der Waals surface area contributed by atoms with Gasteiger partial charge in [-0.2, -0.15) is 0 Å². The molecule has 0 saturated heterocycles. The Labute approximate surface area is 243 Å². The average molecular weight is 581 g/mol. The van der Waals surface area contributed by atoms with Gasteiger partial charge in [-0.05, 0) is 74.3 Å². The molecule has 0 fully saturated rings. The summed E-state index contributed by atoms with van der Waals surface area (Å²) in [6.07, 6.45) is -2.24. The Morgan fingerprint density at radius 2 is 1.20 bits per heavy atom. The highest BCUT2D eigenvalue weighted by Crippen LogP contribution is 2.14. The van der Waals surface area contributed by atoms with Gasteiger partial charge in [0.25, 0.3) is 0 Å². The number of alkyl carbamates (subject to hydrolysis) is 3. The maximum atomic E-state index is 13.2. The summed E-state index contributed by atoms with van der Waals surface area (Å²) in [5, 5.41) is 7.98. The Hall–Kier alpha value is -3.70. The summed E-state index contributed by atoms with van der Waals surface area (Å²) in [6.45, 7) is 16.0. The van der Waals surface area contributed by atoms with Gasteiger partial charge in [-0.3, -0.25) is 0 Å². The molecule has 0 radical (unpaired) electrons. The first-order valence-electron chi connectivity index (χ1n) is 13.7. The van der Waals surface area contributed by atoms with Crippen molar-refractivity contribution in [3.63, 3.8) is 0 Å². The molecule has 1 rings (SSSR count). The second kappa shape index (κ2) is 15.9. The van der Waals surface area contributed by atoms with Gasteiger partial charge in [0.2, 0.25) is 0 Å². The number of nitrogens with zero attached hydrogens (tertiary/aromatic N) is 1. The van der Waals surface area contributed by atoms with Crippen LogP contribution in [-0.4, -0.2) is 78.3 Å². The first-order valence-corrected chi connectivity index (χ1v) is 13.7. The summed E-state index contributed by atoms with van der Waals surface area (Å²) >= 11 is 0. The highest BCUT2D eigenvalue weighted by molar-refractivity contribution is 5.71. The van der Waals surface area contributed by atoms with Crippen molar-refractivity contribution in [1.29, 1.82) is 0 Å². The average Bonchev–Trinajstić information content (AvgIpc) is 2.80. The van der Waals surface area contributed by atoms with Crippen molar-refractivity contribution in [2.75, 3.05) is 26.2 Å². The number of benzene rings is 1. The number of amides is 4. The molecule has 3 N–H and O–H groups in total. The fourth-order valence-electron chi connectivity index (χ4n) is 3.28. The van der Waals surface area contributed by atoms with Crippen molar-refractivity contribution in [3.05, 3.63) is 35.9 Å². The van der Waals surface area contributed by atoms with Crippen molar-refractivity contribution < 1.29 is 38.1 Å². The Kier molecular flexibility index (Phi) is 13.7. The predicted octanol–water partition coefficient (Wildman–Crippen LogP) is 4.96. The van der Waals surface area contributed by atoms with Gasteiger partial charge in [-0.15, -0.1) is 0 Å². The van der Waals surface area contributed by atoms with Crippen molar-refractivity contribution in [1.82, 2.24) is 20.9 Å². The molecule has 0 aliphatic carbocycles. The van der Waals surface area contributed by atoms with E-state index in [1.54, 1.807) is 62.3 Å². The zero-order valence-electron chi connectivity index (χ0n) is 25.9. The van der Waals surface area contributed by atoms with Crippen LogP contribution in [0.25, 0.3) is 0 Å². The van der Waals surface area contributed by atoms with E-state index in [1.807, 2.05) is 30.3 Å². The molecule has 0 bridgehead atoms. The second-order valence-corrected chi connectivity index (χ2v) is 12.4. The van der Waals surface area contributed by atoms with Gasteiger partial charge in [-0.1, -0.05) is 30.3 Å². The topological polar surface area (TPSA) is 145 Å². The molecule has 0 aromatic heterocycles. The van der Waals surface area contributed by atoms with Gasteiger partial charge in [0.1, 0.15) is 23.4 Å². The van der Waals surface area contributed by atoms with E-state index in [0.29, 0.717) is 6.42 Å². The molecule has 232 valence electrons. The molecule has 12 nitrogen and oxygen atoms in total. The molecule has 4 amide bonds. The van der Waals surface area contributed by atoms with Gasteiger partial charge in [-0.25, -0.2) is 19.2 Å². The van der Waals surface area contributed by atoms with Crippen LogP contribution in [0.15, 0.2) is 30.3 Å². The van der Waals surface area contributed by atoms with Crippen LogP contribution >= 0.6 is 0 Å². The lowest BCUT2D eigenvalue weighted by Crippen LogP contribution is -2.54. The van der Waals surface area contributed by atoms with Crippen molar-refractivity contribution >= 4 is 24.4 Å². The van der Waals surface area contributed by atoms with Crippen LogP contribution in [0.4, 0.5) is 19.2 Å². The van der Waals surface area contributed by atoms with Crippen LogP contribution in [0.1, 0.15) is 74.3 Å². The summed E-state index contributed by atoms with van der Waals surface area (Å²) in [7, 11) is 0. The maximum absolute atomic E-state index is 13.2. The molecule has 1 aromatic rings. The third kappa shape index (κ3) is 17.6. The Morgan fingerprint density at radius 1 is 0.707 bits per heavy atom. The fourth-order valence-corrected chi connectivity index (χ4v) is 3.28. The zero-order valence-corrected chi connectivity index (χ0v) is 25.9. The standard InChI is InChI=1S/C29H48N4O8/c1-27(2,3)39-24(35)31-18-22(19-32-25(36)40-28(4,5)6)33(26(37)41-29(7,8)9)17-13-16-30-23(34)38-20-21-14-11-10-12-15-21/h10-12,14-15,22H,13,16-20H2,1-9H3,(H,30,34)(H,31,35)(H,32,36). The minimum absolute atomic E-state index is 0.0451. The van der Waals surface area contributed by atoms with Crippen molar-refractivity contribution in [3.8, 4) is 0 Å². The number of rotatable bonds is 11. The molecule has 0 aliphatic rings. The number of carbonyl (C=O) groups excluding carboxylic acids is 4. The first kappa shape index (κ1) is 35.3. The molecule has 41 heavy (non-hydrogen) atoms. The number of nitrogens with one attached hydrogen (secondary N) is 3. The largest absolute Gasteiger partial charge is 0.445 e. The number of hydrogen-bond donors (Lipinski definition) is 3. The third-order valence-corrected chi connectivity index (χ3v) is 4.89. The molecule has 12 heteroatoms. The van der Waals surface area contributed by atoms with E-state index in [0.717, 1.165) is 5.56 Å². The first-order chi connectivity index (χ1) is 18.8. The smallest absolute Gasteiger partial charge is 0.410 e. The lowest BCUT2D eigenvalue weighted by Gasteiger charge is -2.34. The van der Waals surface area contributed by atoms with Gasteiger partial charge in [0.15, 0.2) is 0 Å². The van der Waals surface area contributed by atoms with Crippen molar-refractivity contribution in [2.45, 2.75) is 98.2 Å². The molecule has 0 heterocycles. The van der Waals surface area contributed by atoms with Gasteiger partial charge < -0.3 is 39.8 Å². The van der Waals surface area contributed by atoms with E-state index in [2.05, 4.69) is 16.0 Å². The normalized spacial score (nSPS) is 11.8. The molecule has 1 aromatic carbocycles. The van der Waals surface area contributed by atoms with E-state index < -0.39 is 47.2 Å². The number of ether oxygens (including phenoxy) is 4. The van der Waals surface area contributed by atoms with E-state index in [9.17, 15) is 19.2 Å². The highest BCUT2D eigenvalue weighted by atomic mass is 16.6. The molecule has 0 spiro atoms. The summed E-state index contributed by atoms with van der Waals surface area (Å²) in [5.74, 6) is 0. The van der Waals surface area contributed by atoms with Crippen LogP contribution in [0, 0.1) is 0 Å². The lowest BCUT2D eigenvalue weighted by atomic mass is 10.2.